The number of nitrogens with two attached hydrogens (primary N) is 1. The fourth-order valence-electron chi connectivity index (χ4n) is 3.06. The van der Waals surface area contributed by atoms with Gasteiger partial charge < -0.3 is 16.0 Å². The van der Waals surface area contributed by atoms with Crippen LogP contribution in [0.3, 0.4) is 0 Å². The number of primary amides is 1. The van der Waals surface area contributed by atoms with Crippen molar-refractivity contribution in [3.63, 3.8) is 0 Å². The summed E-state index contributed by atoms with van der Waals surface area (Å²) in [6.07, 6.45) is 3.45. The van der Waals surface area contributed by atoms with Gasteiger partial charge in [-0.2, -0.15) is 5.10 Å². The average Bonchev–Trinajstić information content (AvgIpc) is 2.98. The number of carbonyl (C=O) groups excluding carboxylic acids is 1. The molecule has 1 aromatic carbocycles. The number of anilines is 2. The number of nitrogens with one attached hydrogen (secondary N) is 1. The number of nitrogens with zero attached hydrogens (tertiary/aromatic N) is 3. The molecule has 0 bridgehead atoms. The van der Waals surface area contributed by atoms with E-state index in [4.69, 9.17) is 5.73 Å². The zero-order valence-corrected chi connectivity index (χ0v) is 13.4. The SMILES string of the molecule is Cn1nccc1CNc1ccccc1N1CCC(C(N)=O)CC1. The Hall–Kier alpha value is -2.50. The maximum Gasteiger partial charge on any atom is 0.220 e. The van der Waals surface area contributed by atoms with Crippen molar-refractivity contribution in [3.8, 4) is 0 Å². The summed E-state index contributed by atoms with van der Waals surface area (Å²) in [5.74, 6) is -0.159. The van der Waals surface area contributed by atoms with Crippen LogP contribution in [0.2, 0.25) is 0 Å². The van der Waals surface area contributed by atoms with E-state index < -0.39 is 0 Å². The van der Waals surface area contributed by atoms with E-state index in [0.717, 1.165) is 43.9 Å². The van der Waals surface area contributed by atoms with Crippen molar-refractivity contribution in [2.45, 2.75) is 19.4 Å². The number of para-hydroxylation sites is 2. The van der Waals surface area contributed by atoms with Crippen LogP contribution in [-0.4, -0.2) is 28.8 Å². The molecule has 6 heteroatoms. The average molecular weight is 313 g/mol. The zero-order chi connectivity index (χ0) is 16.2. The van der Waals surface area contributed by atoms with Crippen LogP contribution in [0.15, 0.2) is 36.5 Å². The second kappa shape index (κ2) is 6.73. The fraction of sp³-hybridized carbons (Fsp3) is 0.412. The summed E-state index contributed by atoms with van der Waals surface area (Å²) in [6.45, 7) is 2.45. The standard InChI is InChI=1S/C17H23N5O/c1-21-14(6-9-20-21)12-19-15-4-2-3-5-16(15)22-10-7-13(8-11-22)17(18)23/h2-6,9,13,19H,7-8,10-12H2,1H3,(H2,18,23). The van der Waals surface area contributed by atoms with Gasteiger partial charge in [0.1, 0.15) is 0 Å². The largest absolute Gasteiger partial charge is 0.378 e. The van der Waals surface area contributed by atoms with Gasteiger partial charge in [0.25, 0.3) is 0 Å². The van der Waals surface area contributed by atoms with Crippen LogP contribution in [0.4, 0.5) is 11.4 Å². The summed E-state index contributed by atoms with van der Waals surface area (Å²) in [7, 11) is 1.94. The van der Waals surface area contributed by atoms with Crippen LogP contribution in [0.5, 0.6) is 0 Å². The fourth-order valence-corrected chi connectivity index (χ4v) is 3.06. The third-order valence-electron chi connectivity index (χ3n) is 4.52. The second-order valence-electron chi connectivity index (χ2n) is 5.98. The molecule has 0 atom stereocenters. The lowest BCUT2D eigenvalue weighted by Crippen LogP contribution is -2.38. The van der Waals surface area contributed by atoms with E-state index >= 15 is 0 Å². The van der Waals surface area contributed by atoms with Crippen LogP contribution < -0.4 is 16.0 Å². The van der Waals surface area contributed by atoms with Crippen LogP contribution in [0.1, 0.15) is 18.5 Å². The van der Waals surface area contributed by atoms with Gasteiger partial charge in [-0.3, -0.25) is 9.48 Å². The first-order valence-electron chi connectivity index (χ1n) is 7.99. The molecule has 2 heterocycles. The Morgan fingerprint density at radius 2 is 2.04 bits per heavy atom. The molecular formula is C17H23N5O. The first-order chi connectivity index (χ1) is 11.1. The van der Waals surface area contributed by atoms with Crippen LogP contribution in [-0.2, 0) is 18.4 Å². The smallest absolute Gasteiger partial charge is 0.220 e. The molecule has 1 amide bonds. The van der Waals surface area contributed by atoms with Crippen molar-refractivity contribution >= 4 is 17.3 Å². The van der Waals surface area contributed by atoms with Gasteiger partial charge in [0.05, 0.1) is 23.6 Å². The van der Waals surface area contributed by atoms with Crippen LogP contribution in [0.25, 0.3) is 0 Å². The predicted molar refractivity (Wildman–Crippen MR) is 91.1 cm³/mol. The minimum absolute atomic E-state index is 0.0146. The van der Waals surface area contributed by atoms with E-state index in [1.165, 1.54) is 5.69 Å². The molecule has 3 rings (SSSR count). The van der Waals surface area contributed by atoms with Crippen molar-refractivity contribution in [2.75, 3.05) is 23.3 Å². The van der Waals surface area contributed by atoms with E-state index in [9.17, 15) is 4.79 Å². The quantitative estimate of drug-likeness (QED) is 0.881. The Kier molecular flexibility index (Phi) is 4.50. The summed E-state index contributed by atoms with van der Waals surface area (Å²) in [4.78, 5) is 13.6. The van der Waals surface area contributed by atoms with Gasteiger partial charge >= 0.3 is 0 Å². The summed E-state index contributed by atoms with van der Waals surface area (Å²) in [5, 5.41) is 7.68. The molecule has 1 saturated heterocycles. The molecule has 3 N–H and O–H groups in total. The molecule has 6 nitrogen and oxygen atoms in total. The molecule has 0 aliphatic carbocycles. The molecule has 0 unspecified atom stereocenters. The molecule has 1 fully saturated rings. The first-order valence-corrected chi connectivity index (χ1v) is 7.99. The second-order valence-corrected chi connectivity index (χ2v) is 5.98. The molecule has 0 spiro atoms. The number of amides is 1. The summed E-state index contributed by atoms with van der Waals surface area (Å²) in [6, 6.07) is 10.3. The lowest BCUT2D eigenvalue weighted by atomic mass is 9.96. The molecule has 1 aliphatic heterocycles. The van der Waals surface area contributed by atoms with E-state index in [2.05, 4.69) is 27.4 Å². The Bertz CT molecular complexity index is 673. The minimum Gasteiger partial charge on any atom is -0.378 e. The number of aryl methyl sites for hydroxylation is 1. The van der Waals surface area contributed by atoms with Gasteiger partial charge in [-0.25, -0.2) is 0 Å². The zero-order valence-electron chi connectivity index (χ0n) is 13.4. The molecule has 2 aromatic rings. The van der Waals surface area contributed by atoms with Gasteiger partial charge in [0.2, 0.25) is 5.91 Å². The Morgan fingerprint density at radius 3 is 2.70 bits per heavy atom. The molecular weight excluding hydrogens is 290 g/mol. The van der Waals surface area contributed by atoms with Gasteiger partial charge in [0, 0.05) is 32.3 Å². The molecule has 0 saturated carbocycles. The highest BCUT2D eigenvalue weighted by Gasteiger charge is 2.24. The van der Waals surface area contributed by atoms with Crippen molar-refractivity contribution in [1.29, 1.82) is 0 Å². The number of piperidine rings is 1. The Morgan fingerprint density at radius 1 is 1.30 bits per heavy atom. The number of hydrogen-bond donors (Lipinski definition) is 2. The number of carbonyl (C=O) groups is 1. The number of hydrogen-bond acceptors (Lipinski definition) is 4. The third kappa shape index (κ3) is 3.47. The highest BCUT2D eigenvalue weighted by molar-refractivity contribution is 5.77. The van der Waals surface area contributed by atoms with Gasteiger partial charge in [-0.1, -0.05) is 12.1 Å². The van der Waals surface area contributed by atoms with E-state index in [-0.39, 0.29) is 11.8 Å². The lowest BCUT2D eigenvalue weighted by Gasteiger charge is -2.33. The van der Waals surface area contributed by atoms with E-state index in [1.54, 1.807) is 6.20 Å². The maximum absolute atomic E-state index is 11.3. The number of benzene rings is 1. The first kappa shape index (κ1) is 15.4. The van der Waals surface area contributed by atoms with Crippen molar-refractivity contribution in [3.05, 3.63) is 42.2 Å². The third-order valence-corrected chi connectivity index (χ3v) is 4.52. The summed E-state index contributed by atoms with van der Waals surface area (Å²) in [5.41, 5.74) is 8.83. The molecule has 1 aliphatic rings. The highest BCUT2D eigenvalue weighted by atomic mass is 16.1. The van der Waals surface area contributed by atoms with Crippen molar-refractivity contribution < 1.29 is 4.79 Å². The van der Waals surface area contributed by atoms with E-state index in [1.807, 2.05) is 29.9 Å². The van der Waals surface area contributed by atoms with Gasteiger partial charge in [0.15, 0.2) is 0 Å². The maximum atomic E-state index is 11.3. The molecule has 122 valence electrons. The van der Waals surface area contributed by atoms with Gasteiger partial charge in [-0.15, -0.1) is 0 Å². The Labute approximate surface area is 136 Å². The minimum atomic E-state index is -0.174. The topological polar surface area (TPSA) is 76.2 Å². The van der Waals surface area contributed by atoms with Crippen LogP contribution in [0, 0.1) is 5.92 Å². The monoisotopic (exact) mass is 313 g/mol. The Balaban J connectivity index is 1.69. The predicted octanol–water partition coefficient (Wildman–Crippen LogP) is 1.73. The van der Waals surface area contributed by atoms with E-state index in [0.29, 0.717) is 0 Å². The normalized spacial score (nSPS) is 15.6. The van der Waals surface area contributed by atoms with Crippen molar-refractivity contribution in [1.82, 2.24) is 9.78 Å². The van der Waals surface area contributed by atoms with Gasteiger partial charge in [-0.05, 0) is 31.0 Å². The summed E-state index contributed by atoms with van der Waals surface area (Å²) >= 11 is 0. The molecule has 1 aromatic heterocycles. The number of aromatic nitrogens is 2. The lowest BCUT2D eigenvalue weighted by molar-refractivity contribution is -0.122. The summed E-state index contributed by atoms with van der Waals surface area (Å²) < 4.78 is 1.87. The molecule has 0 radical (unpaired) electrons. The number of rotatable bonds is 5. The van der Waals surface area contributed by atoms with Crippen molar-refractivity contribution in [2.24, 2.45) is 18.7 Å². The van der Waals surface area contributed by atoms with Crippen LogP contribution >= 0.6 is 0 Å². The molecule has 23 heavy (non-hydrogen) atoms. The highest BCUT2D eigenvalue weighted by Crippen LogP contribution is 2.30.